The van der Waals surface area contributed by atoms with E-state index in [1.54, 1.807) is 0 Å². The van der Waals surface area contributed by atoms with Crippen molar-refractivity contribution < 1.29 is 22.7 Å². The molecule has 0 saturated heterocycles. The smallest absolute Gasteiger partial charge is 0.371 e. The highest BCUT2D eigenvalue weighted by Gasteiger charge is 2.26. The molecule has 0 aliphatic heterocycles. The minimum atomic E-state index is -3.72. The number of carboxylic acids is 1. The Morgan fingerprint density at radius 1 is 1.50 bits per heavy atom. The summed E-state index contributed by atoms with van der Waals surface area (Å²) in [6.45, 7) is 3.99. The molecule has 0 spiro atoms. The van der Waals surface area contributed by atoms with Gasteiger partial charge < -0.3 is 9.52 Å². The number of hydrogen-bond donors (Lipinski definition) is 2. The first kappa shape index (κ1) is 15.1. The van der Waals surface area contributed by atoms with E-state index in [2.05, 4.69) is 11.6 Å². The van der Waals surface area contributed by atoms with Gasteiger partial charge in [-0.3, -0.25) is 0 Å². The van der Waals surface area contributed by atoms with Crippen LogP contribution in [0.5, 0.6) is 0 Å². The Labute approximate surface area is 118 Å². The van der Waals surface area contributed by atoms with Crippen LogP contribution in [-0.4, -0.2) is 26.0 Å². The first-order chi connectivity index (χ1) is 9.29. The molecule has 2 N–H and O–H groups in total. The third kappa shape index (κ3) is 3.21. The lowest BCUT2D eigenvalue weighted by atomic mass is 10.1. The predicted octanol–water partition coefficient (Wildman–Crippen LogP) is 2.00. The van der Waals surface area contributed by atoms with Gasteiger partial charge in [-0.05, 0) is 31.6 Å². The quantitative estimate of drug-likeness (QED) is 0.867. The molecule has 0 aromatic carbocycles. The summed E-state index contributed by atoms with van der Waals surface area (Å²) in [5.74, 6) is -0.559. The number of nitrogens with one attached hydrogen (secondary N) is 1. The van der Waals surface area contributed by atoms with Crippen molar-refractivity contribution in [3.8, 4) is 0 Å². The monoisotopic (exact) mass is 301 g/mol. The van der Waals surface area contributed by atoms with Gasteiger partial charge in [0.05, 0.1) is 0 Å². The number of rotatable bonds is 5. The third-order valence-corrected chi connectivity index (χ3v) is 5.27. The van der Waals surface area contributed by atoms with E-state index in [1.165, 1.54) is 6.92 Å². The molecule has 7 heteroatoms. The minimum absolute atomic E-state index is 0.0923. The van der Waals surface area contributed by atoms with Crippen LogP contribution in [0, 0.1) is 18.8 Å². The van der Waals surface area contributed by atoms with E-state index in [0.29, 0.717) is 18.4 Å². The number of aromatic carboxylic acids is 1. The molecule has 2 rings (SSSR count). The lowest BCUT2D eigenvalue weighted by molar-refractivity contribution is 0.0661. The molecule has 1 aliphatic rings. The van der Waals surface area contributed by atoms with Crippen molar-refractivity contribution in [1.82, 2.24) is 4.72 Å². The van der Waals surface area contributed by atoms with Crippen LogP contribution < -0.4 is 4.72 Å². The summed E-state index contributed by atoms with van der Waals surface area (Å²) in [6.07, 6.45) is 3.17. The fourth-order valence-corrected chi connectivity index (χ4v) is 3.95. The first-order valence-electron chi connectivity index (χ1n) is 6.63. The average Bonchev–Trinajstić information content (AvgIpc) is 2.93. The number of furan rings is 1. The summed E-state index contributed by atoms with van der Waals surface area (Å²) in [7, 11) is -3.72. The zero-order valence-electron chi connectivity index (χ0n) is 11.5. The maximum Gasteiger partial charge on any atom is 0.371 e. The number of carboxylic acid groups (broad SMARTS) is 1. The van der Waals surface area contributed by atoms with Crippen LogP contribution in [0.2, 0.25) is 0 Å². The summed E-state index contributed by atoms with van der Waals surface area (Å²) < 4.78 is 31.8. The lowest BCUT2D eigenvalue weighted by Gasteiger charge is -2.11. The molecular weight excluding hydrogens is 282 g/mol. The topological polar surface area (TPSA) is 96.6 Å². The zero-order valence-corrected chi connectivity index (χ0v) is 12.4. The van der Waals surface area contributed by atoms with Crippen molar-refractivity contribution >= 4 is 16.0 Å². The van der Waals surface area contributed by atoms with Crippen molar-refractivity contribution in [2.24, 2.45) is 11.8 Å². The fraction of sp³-hybridized carbons (Fsp3) is 0.615. The Kier molecular flexibility index (Phi) is 4.19. The molecule has 2 unspecified atom stereocenters. The van der Waals surface area contributed by atoms with Crippen LogP contribution in [0.25, 0.3) is 0 Å². The lowest BCUT2D eigenvalue weighted by Crippen LogP contribution is -2.28. The van der Waals surface area contributed by atoms with Gasteiger partial charge in [0.1, 0.15) is 10.7 Å². The number of aryl methyl sites for hydroxylation is 1. The Balaban J connectivity index is 2.08. The highest BCUT2D eigenvalue weighted by Crippen LogP contribution is 2.30. The normalized spacial score (nSPS) is 23.1. The predicted molar refractivity (Wildman–Crippen MR) is 72.1 cm³/mol. The van der Waals surface area contributed by atoms with Gasteiger partial charge in [0, 0.05) is 12.6 Å². The van der Waals surface area contributed by atoms with Gasteiger partial charge in [-0.1, -0.05) is 13.3 Å². The Hall–Kier alpha value is -1.34. The second-order valence-electron chi connectivity index (χ2n) is 5.47. The molecule has 20 heavy (non-hydrogen) atoms. The number of sulfonamides is 1. The van der Waals surface area contributed by atoms with Crippen LogP contribution in [-0.2, 0) is 10.0 Å². The van der Waals surface area contributed by atoms with Crippen LogP contribution >= 0.6 is 0 Å². The fourth-order valence-electron chi connectivity index (χ4n) is 2.65. The molecule has 0 bridgehead atoms. The summed E-state index contributed by atoms with van der Waals surface area (Å²) in [5, 5.41) is 8.81. The van der Waals surface area contributed by atoms with E-state index in [4.69, 9.17) is 9.52 Å². The van der Waals surface area contributed by atoms with Gasteiger partial charge in [0.25, 0.3) is 0 Å². The Morgan fingerprint density at radius 3 is 2.70 bits per heavy atom. The third-order valence-electron chi connectivity index (χ3n) is 3.74. The molecule has 1 heterocycles. The maximum atomic E-state index is 12.2. The highest BCUT2D eigenvalue weighted by molar-refractivity contribution is 7.89. The van der Waals surface area contributed by atoms with Gasteiger partial charge in [-0.15, -0.1) is 0 Å². The van der Waals surface area contributed by atoms with Crippen molar-refractivity contribution in [2.75, 3.05) is 6.54 Å². The van der Waals surface area contributed by atoms with E-state index in [0.717, 1.165) is 25.3 Å². The van der Waals surface area contributed by atoms with Crippen LogP contribution in [0.4, 0.5) is 0 Å². The van der Waals surface area contributed by atoms with Gasteiger partial charge in [0.2, 0.25) is 15.8 Å². The van der Waals surface area contributed by atoms with Gasteiger partial charge in [0.15, 0.2) is 0 Å². The maximum absolute atomic E-state index is 12.2. The molecule has 2 atom stereocenters. The molecule has 1 saturated carbocycles. The van der Waals surface area contributed by atoms with Crippen LogP contribution in [0.1, 0.15) is 42.5 Å². The van der Waals surface area contributed by atoms with Crippen LogP contribution in [0.15, 0.2) is 15.4 Å². The van der Waals surface area contributed by atoms with Crippen molar-refractivity contribution in [1.29, 1.82) is 0 Å². The van der Waals surface area contributed by atoms with Gasteiger partial charge in [-0.2, -0.15) is 0 Å². The molecule has 112 valence electrons. The van der Waals surface area contributed by atoms with E-state index in [1.807, 2.05) is 0 Å². The number of hydrogen-bond acceptors (Lipinski definition) is 4. The zero-order chi connectivity index (χ0) is 14.9. The van der Waals surface area contributed by atoms with Gasteiger partial charge in [-0.25, -0.2) is 17.9 Å². The largest absolute Gasteiger partial charge is 0.475 e. The standard InChI is InChI=1S/C13H19NO5S/c1-8-3-4-10(5-8)7-14-20(17,18)12-6-11(13(15)16)19-9(12)2/h6,8,10,14H,3-5,7H2,1-2H3,(H,15,16). The second kappa shape index (κ2) is 5.57. The van der Waals surface area contributed by atoms with E-state index >= 15 is 0 Å². The minimum Gasteiger partial charge on any atom is -0.475 e. The first-order valence-corrected chi connectivity index (χ1v) is 8.11. The summed E-state index contributed by atoms with van der Waals surface area (Å²) in [6, 6.07) is 1.05. The molecule has 1 fully saturated rings. The van der Waals surface area contributed by atoms with Crippen molar-refractivity contribution in [2.45, 2.75) is 38.0 Å². The van der Waals surface area contributed by atoms with E-state index in [9.17, 15) is 13.2 Å². The molecular formula is C13H19NO5S. The molecule has 6 nitrogen and oxygen atoms in total. The Bertz CT molecular complexity index is 604. The molecule has 1 aliphatic carbocycles. The number of carbonyl (C=O) groups is 1. The van der Waals surface area contributed by atoms with Gasteiger partial charge >= 0.3 is 5.97 Å². The van der Waals surface area contributed by atoms with E-state index < -0.39 is 16.0 Å². The van der Waals surface area contributed by atoms with E-state index in [-0.39, 0.29) is 16.4 Å². The SMILES string of the molecule is Cc1oc(C(=O)O)cc1S(=O)(=O)NCC1CCC(C)C1. The summed E-state index contributed by atoms with van der Waals surface area (Å²) in [4.78, 5) is 10.7. The summed E-state index contributed by atoms with van der Waals surface area (Å²) >= 11 is 0. The molecule has 0 amide bonds. The van der Waals surface area contributed by atoms with Crippen LogP contribution in [0.3, 0.4) is 0 Å². The molecule has 0 radical (unpaired) electrons. The average molecular weight is 301 g/mol. The highest BCUT2D eigenvalue weighted by atomic mass is 32.2. The second-order valence-corrected chi connectivity index (χ2v) is 7.21. The van der Waals surface area contributed by atoms with Crippen molar-refractivity contribution in [3.63, 3.8) is 0 Å². The Morgan fingerprint density at radius 2 is 2.20 bits per heavy atom. The summed E-state index contributed by atoms with van der Waals surface area (Å²) in [5.41, 5.74) is 0. The molecule has 1 aromatic heterocycles. The van der Waals surface area contributed by atoms with Crippen molar-refractivity contribution in [3.05, 3.63) is 17.6 Å². The molecule has 1 aromatic rings.